The minimum absolute atomic E-state index is 0.159. The van der Waals surface area contributed by atoms with Crippen molar-refractivity contribution in [2.45, 2.75) is 64.8 Å². The van der Waals surface area contributed by atoms with Gasteiger partial charge in [-0.2, -0.15) is 0 Å². The van der Waals surface area contributed by atoms with Gasteiger partial charge in [-0.05, 0) is 31.2 Å². The molecular formula is C18H27NO. The molecule has 110 valence electrons. The van der Waals surface area contributed by atoms with E-state index < -0.39 is 0 Å². The molecule has 1 unspecified atom stereocenters. The van der Waals surface area contributed by atoms with E-state index in [-0.39, 0.29) is 11.9 Å². The van der Waals surface area contributed by atoms with E-state index in [9.17, 15) is 4.79 Å². The van der Waals surface area contributed by atoms with E-state index in [2.05, 4.69) is 43.4 Å². The summed E-state index contributed by atoms with van der Waals surface area (Å²) in [6, 6.07) is 8.64. The van der Waals surface area contributed by atoms with Crippen LogP contribution in [0.2, 0.25) is 0 Å². The van der Waals surface area contributed by atoms with Crippen LogP contribution in [-0.2, 0) is 4.79 Å². The second kappa shape index (κ2) is 7.47. The Morgan fingerprint density at radius 1 is 1.25 bits per heavy atom. The maximum absolute atomic E-state index is 12.1. The quantitative estimate of drug-likeness (QED) is 0.810. The standard InChI is InChI=1S/C18H27NO/c1-3-17(16-11-8-14(2)9-12-16)19-18(20)13-10-15-6-4-5-7-15/h8-9,11-12,15,17H,3-7,10,13H2,1-2H3,(H,19,20). The van der Waals surface area contributed by atoms with Crippen LogP contribution in [0.5, 0.6) is 0 Å². The highest BCUT2D eigenvalue weighted by Gasteiger charge is 2.17. The van der Waals surface area contributed by atoms with E-state index >= 15 is 0 Å². The molecule has 2 nitrogen and oxygen atoms in total. The van der Waals surface area contributed by atoms with E-state index in [1.807, 2.05) is 0 Å². The Kier molecular flexibility index (Phi) is 5.63. The Bertz CT molecular complexity index is 418. The molecule has 1 aromatic rings. The summed E-state index contributed by atoms with van der Waals surface area (Å²) in [5.41, 5.74) is 2.48. The summed E-state index contributed by atoms with van der Waals surface area (Å²) in [6.07, 6.45) is 8.05. The zero-order valence-corrected chi connectivity index (χ0v) is 12.8. The molecule has 1 N–H and O–H groups in total. The topological polar surface area (TPSA) is 29.1 Å². The number of carbonyl (C=O) groups excluding carboxylic acids is 1. The summed E-state index contributed by atoms with van der Waals surface area (Å²) < 4.78 is 0. The van der Waals surface area contributed by atoms with Crippen LogP contribution in [0.4, 0.5) is 0 Å². The van der Waals surface area contributed by atoms with Gasteiger partial charge in [-0.3, -0.25) is 4.79 Å². The monoisotopic (exact) mass is 273 g/mol. The molecule has 2 rings (SSSR count). The third kappa shape index (κ3) is 4.36. The summed E-state index contributed by atoms with van der Waals surface area (Å²) in [4.78, 5) is 12.1. The second-order valence-corrected chi connectivity index (χ2v) is 6.13. The van der Waals surface area contributed by atoms with Gasteiger partial charge >= 0.3 is 0 Å². The smallest absolute Gasteiger partial charge is 0.220 e. The number of aryl methyl sites for hydroxylation is 1. The molecule has 1 amide bonds. The zero-order valence-electron chi connectivity index (χ0n) is 12.8. The molecule has 1 atom stereocenters. The van der Waals surface area contributed by atoms with E-state index in [0.717, 1.165) is 18.8 Å². The largest absolute Gasteiger partial charge is 0.349 e. The number of hydrogen-bond acceptors (Lipinski definition) is 1. The van der Waals surface area contributed by atoms with E-state index in [1.54, 1.807) is 0 Å². The first-order valence-corrected chi connectivity index (χ1v) is 8.05. The molecule has 0 radical (unpaired) electrons. The highest BCUT2D eigenvalue weighted by Crippen LogP contribution is 2.28. The number of nitrogens with one attached hydrogen (secondary N) is 1. The Morgan fingerprint density at radius 2 is 1.90 bits per heavy atom. The molecule has 0 aliphatic heterocycles. The highest BCUT2D eigenvalue weighted by molar-refractivity contribution is 5.76. The summed E-state index contributed by atoms with van der Waals surface area (Å²) in [5, 5.41) is 3.19. The molecule has 0 saturated heterocycles. The third-order valence-electron chi connectivity index (χ3n) is 4.48. The lowest BCUT2D eigenvalue weighted by Crippen LogP contribution is -2.28. The first-order valence-electron chi connectivity index (χ1n) is 8.05. The van der Waals surface area contributed by atoms with Gasteiger partial charge in [-0.25, -0.2) is 0 Å². The van der Waals surface area contributed by atoms with Gasteiger partial charge in [0, 0.05) is 6.42 Å². The van der Waals surface area contributed by atoms with E-state index in [4.69, 9.17) is 0 Å². The number of hydrogen-bond donors (Lipinski definition) is 1. The van der Waals surface area contributed by atoms with Crippen molar-refractivity contribution in [2.75, 3.05) is 0 Å². The summed E-state index contributed by atoms with van der Waals surface area (Å²) in [5.74, 6) is 1.00. The third-order valence-corrected chi connectivity index (χ3v) is 4.48. The summed E-state index contributed by atoms with van der Waals surface area (Å²) in [6.45, 7) is 4.21. The predicted octanol–water partition coefficient (Wildman–Crippen LogP) is 4.53. The predicted molar refractivity (Wildman–Crippen MR) is 83.5 cm³/mol. The molecule has 1 aliphatic carbocycles. The average Bonchev–Trinajstić information content (AvgIpc) is 2.97. The molecule has 1 saturated carbocycles. The van der Waals surface area contributed by atoms with Crippen LogP contribution in [0.3, 0.4) is 0 Å². The molecule has 2 heteroatoms. The van der Waals surface area contributed by atoms with Crippen LogP contribution in [0, 0.1) is 12.8 Å². The van der Waals surface area contributed by atoms with Crippen molar-refractivity contribution in [3.8, 4) is 0 Å². The van der Waals surface area contributed by atoms with Crippen molar-refractivity contribution in [3.63, 3.8) is 0 Å². The first kappa shape index (κ1) is 15.1. The maximum atomic E-state index is 12.1. The minimum atomic E-state index is 0.159. The Morgan fingerprint density at radius 3 is 2.50 bits per heavy atom. The van der Waals surface area contributed by atoms with Crippen molar-refractivity contribution < 1.29 is 4.79 Å². The SMILES string of the molecule is CCC(NC(=O)CCC1CCCC1)c1ccc(C)cc1. The van der Waals surface area contributed by atoms with Crippen LogP contribution in [0.15, 0.2) is 24.3 Å². The fraction of sp³-hybridized carbons (Fsp3) is 0.611. The van der Waals surface area contributed by atoms with Crippen LogP contribution in [0.25, 0.3) is 0 Å². The number of benzene rings is 1. The summed E-state index contributed by atoms with van der Waals surface area (Å²) >= 11 is 0. The Balaban J connectivity index is 1.82. The van der Waals surface area contributed by atoms with Gasteiger partial charge in [0.05, 0.1) is 6.04 Å². The Labute approximate surface area is 123 Å². The van der Waals surface area contributed by atoms with Crippen LogP contribution >= 0.6 is 0 Å². The molecule has 0 bridgehead atoms. The molecular weight excluding hydrogens is 246 g/mol. The van der Waals surface area contributed by atoms with Crippen LogP contribution in [-0.4, -0.2) is 5.91 Å². The minimum Gasteiger partial charge on any atom is -0.349 e. The van der Waals surface area contributed by atoms with Crippen LogP contribution in [0.1, 0.15) is 69.0 Å². The number of amides is 1. The Hall–Kier alpha value is -1.31. The van der Waals surface area contributed by atoms with Gasteiger partial charge in [0.15, 0.2) is 0 Å². The maximum Gasteiger partial charge on any atom is 0.220 e. The van der Waals surface area contributed by atoms with E-state index in [1.165, 1.54) is 36.8 Å². The number of carbonyl (C=O) groups is 1. The lowest BCUT2D eigenvalue weighted by atomic mass is 10.00. The molecule has 1 aliphatic rings. The highest BCUT2D eigenvalue weighted by atomic mass is 16.1. The van der Waals surface area contributed by atoms with Gasteiger partial charge in [0.1, 0.15) is 0 Å². The average molecular weight is 273 g/mol. The second-order valence-electron chi connectivity index (χ2n) is 6.13. The fourth-order valence-corrected chi connectivity index (χ4v) is 3.12. The molecule has 0 heterocycles. The van der Waals surface area contributed by atoms with Crippen molar-refractivity contribution in [1.29, 1.82) is 0 Å². The first-order chi connectivity index (χ1) is 9.69. The van der Waals surface area contributed by atoms with Crippen molar-refractivity contribution in [3.05, 3.63) is 35.4 Å². The van der Waals surface area contributed by atoms with Crippen molar-refractivity contribution in [2.24, 2.45) is 5.92 Å². The van der Waals surface area contributed by atoms with Gasteiger partial charge in [0.25, 0.3) is 0 Å². The number of rotatable bonds is 6. The van der Waals surface area contributed by atoms with Gasteiger partial charge in [-0.15, -0.1) is 0 Å². The van der Waals surface area contributed by atoms with Gasteiger partial charge in [0.2, 0.25) is 5.91 Å². The molecule has 20 heavy (non-hydrogen) atoms. The van der Waals surface area contributed by atoms with Crippen LogP contribution < -0.4 is 5.32 Å². The van der Waals surface area contributed by atoms with E-state index in [0.29, 0.717) is 6.42 Å². The van der Waals surface area contributed by atoms with Gasteiger partial charge < -0.3 is 5.32 Å². The van der Waals surface area contributed by atoms with Crippen molar-refractivity contribution in [1.82, 2.24) is 5.32 Å². The zero-order chi connectivity index (χ0) is 14.4. The van der Waals surface area contributed by atoms with Crippen molar-refractivity contribution >= 4 is 5.91 Å². The lowest BCUT2D eigenvalue weighted by Gasteiger charge is -2.18. The molecule has 1 fully saturated rings. The summed E-state index contributed by atoms with van der Waals surface area (Å²) in [7, 11) is 0. The van der Waals surface area contributed by atoms with Gasteiger partial charge in [-0.1, -0.05) is 62.4 Å². The lowest BCUT2D eigenvalue weighted by molar-refractivity contribution is -0.122. The molecule has 0 spiro atoms. The molecule has 0 aromatic heterocycles. The fourth-order valence-electron chi connectivity index (χ4n) is 3.12. The molecule has 1 aromatic carbocycles. The normalized spacial score (nSPS) is 17.1.